The zero-order valence-corrected chi connectivity index (χ0v) is 7.33. The van der Waals surface area contributed by atoms with Crippen molar-refractivity contribution in [1.82, 2.24) is 9.78 Å². The lowest BCUT2D eigenvalue weighted by Crippen LogP contribution is -2.04. The highest BCUT2D eigenvalue weighted by molar-refractivity contribution is 5.18. The summed E-state index contributed by atoms with van der Waals surface area (Å²) in [6.07, 6.45) is 2.01. The van der Waals surface area contributed by atoms with Crippen LogP contribution in [0.4, 0.5) is 0 Å². The Labute approximate surface area is 67.2 Å². The van der Waals surface area contributed by atoms with Crippen molar-refractivity contribution in [2.24, 2.45) is 5.73 Å². The quantitative estimate of drug-likeness (QED) is 0.694. The molecule has 0 saturated carbocycles. The van der Waals surface area contributed by atoms with E-state index in [1.165, 1.54) is 0 Å². The van der Waals surface area contributed by atoms with Crippen molar-refractivity contribution in [2.75, 3.05) is 0 Å². The summed E-state index contributed by atoms with van der Waals surface area (Å²) in [4.78, 5) is 0. The Morgan fingerprint density at radius 3 is 2.64 bits per heavy atom. The number of aryl methyl sites for hydroxylation is 2. The maximum atomic E-state index is 5.73. The second-order valence-electron chi connectivity index (χ2n) is 2.81. The molecule has 0 radical (unpaired) electrons. The monoisotopic (exact) mass is 153 g/mol. The molecule has 1 heterocycles. The Hall–Kier alpha value is -0.830. The lowest BCUT2D eigenvalue weighted by molar-refractivity contribution is 0.652. The molecule has 0 saturated heterocycles. The van der Waals surface area contributed by atoms with Gasteiger partial charge in [0.05, 0.1) is 5.69 Å². The number of nitrogens with two attached hydrogens (primary N) is 1. The first-order valence-corrected chi connectivity index (χ1v) is 3.94. The van der Waals surface area contributed by atoms with Gasteiger partial charge < -0.3 is 5.73 Å². The standard InChI is InChI=1S/C8H15N3/c1-4-11-5-8(6(2)9)7(3)10-11/h5-6H,4,9H2,1-3H3. The number of hydrogen-bond acceptors (Lipinski definition) is 2. The molecule has 0 fully saturated rings. The van der Waals surface area contributed by atoms with E-state index in [-0.39, 0.29) is 6.04 Å². The highest BCUT2D eigenvalue weighted by Gasteiger charge is 2.06. The van der Waals surface area contributed by atoms with Gasteiger partial charge >= 0.3 is 0 Å². The van der Waals surface area contributed by atoms with Gasteiger partial charge in [-0.25, -0.2) is 0 Å². The van der Waals surface area contributed by atoms with Gasteiger partial charge in [-0.3, -0.25) is 4.68 Å². The molecule has 1 aromatic rings. The molecule has 0 amide bonds. The molecule has 1 unspecified atom stereocenters. The SMILES string of the molecule is CCn1cc(C(C)N)c(C)n1. The van der Waals surface area contributed by atoms with Crippen LogP contribution >= 0.6 is 0 Å². The minimum absolute atomic E-state index is 0.0929. The van der Waals surface area contributed by atoms with Crippen LogP contribution in [0.1, 0.15) is 31.1 Å². The summed E-state index contributed by atoms with van der Waals surface area (Å²) in [7, 11) is 0. The highest BCUT2D eigenvalue weighted by atomic mass is 15.3. The summed E-state index contributed by atoms with van der Waals surface area (Å²) < 4.78 is 1.91. The van der Waals surface area contributed by atoms with Crippen LogP contribution in [-0.2, 0) is 6.54 Å². The van der Waals surface area contributed by atoms with E-state index in [0.717, 1.165) is 17.8 Å². The van der Waals surface area contributed by atoms with Gasteiger partial charge in [0, 0.05) is 24.3 Å². The van der Waals surface area contributed by atoms with Crippen LogP contribution in [-0.4, -0.2) is 9.78 Å². The van der Waals surface area contributed by atoms with E-state index in [0.29, 0.717) is 0 Å². The molecule has 0 aromatic carbocycles. The summed E-state index contributed by atoms with van der Waals surface area (Å²) >= 11 is 0. The average molecular weight is 153 g/mol. The Bertz CT molecular complexity index is 237. The van der Waals surface area contributed by atoms with Crippen LogP contribution in [0, 0.1) is 6.92 Å². The van der Waals surface area contributed by atoms with E-state index in [4.69, 9.17) is 5.73 Å². The second kappa shape index (κ2) is 3.05. The predicted molar refractivity (Wildman–Crippen MR) is 45.2 cm³/mol. The predicted octanol–water partition coefficient (Wildman–Crippen LogP) is 1.23. The first kappa shape index (κ1) is 8.27. The third kappa shape index (κ3) is 1.60. The molecule has 62 valence electrons. The van der Waals surface area contributed by atoms with Gasteiger partial charge in [0.25, 0.3) is 0 Å². The summed E-state index contributed by atoms with van der Waals surface area (Å²) in [6.45, 7) is 6.94. The van der Waals surface area contributed by atoms with Gasteiger partial charge in [-0.2, -0.15) is 5.10 Å². The van der Waals surface area contributed by atoms with Gasteiger partial charge in [-0.15, -0.1) is 0 Å². The van der Waals surface area contributed by atoms with Crippen molar-refractivity contribution in [3.05, 3.63) is 17.5 Å². The summed E-state index contributed by atoms with van der Waals surface area (Å²) in [6, 6.07) is 0.0929. The molecule has 2 N–H and O–H groups in total. The highest BCUT2D eigenvalue weighted by Crippen LogP contribution is 2.12. The van der Waals surface area contributed by atoms with E-state index >= 15 is 0 Å². The molecular formula is C8H15N3. The zero-order valence-electron chi connectivity index (χ0n) is 7.33. The summed E-state index contributed by atoms with van der Waals surface area (Å²) in [5, 5.41) is 4.29. The first-order chi connectivity index (χ1) is 5.15. The molecular weight excluding hydrogens is 138 g/mol. The number of hydrogen-bond donors (Lipinski definition) is 1. The lowest BCUT2D eigenvalue weighted by atomic mass is 10.1. The topological polar surface area (TPSA) is 43.8 Å². The maximum absolute atomic E-state index is 5.73. The molecule has 0 aliphatic carbocycles. The van der Waals surface area contributed by atoms with E-state index in [9.17, 15) is 0 Å². The minimum Gasteiger partial charge on any atom is -0.324 e. The van der Waals surface area contributed by atoms with Crippen LogP contribution < -0.4 is 5.73 Å². The molecule has 3 heteroatoms. The second-order valence-corrected chi connectivity index (χ2v) is 2.81. The maximum Gasteiger partial charge on any atom is 0.0641 e. The van der Waals surface area contributed by atoms with E-state index in [1.54, 1.807) is 0 Å². The van der Waals surface area contributed by atoms with Crippen molar-refractivity contribution < 1.29 is 0 Å². The molecule has 0 bridgehead atoms. The molecule has 0 spiro atoms. The van der Waals surface area contributed by atoms with Crippen molar-refractivity contribution in [2.45, 2.75) is 33.4 Å². The Morgan fingerprint density at radius 2 is 2.36 bits per heavy atom. The van der Waals surface area contributed by atoms with Gasteiger partial charge in [0.15, 0.2) is 0 Å². The van der Waals surface area contributed by atoms with Gasteiger partial charge in [0.2, 0.25) is 0 Å². The minimum atomic E-state index is 0.0929. The fraction of sp³-hybridized carbons (Fsp3) is 0.625. The van der Waals surface area contributed by atoms with Crippen molar-refractivity contribution in [3.63, 3.8) is 0 Å². The van der Waals surface area contributed by atoms with Gasteiger partial charge in [-0.05, 0) is 20.8 Å². The molecule has 3 nitrogen and oxygen atoms in total. The third-order valence-corrected chi connectivity index (χ3v) is 1.80. The number of rotatable bonds is 2. The fourth-order valence-corrected chi connectivity index (χ4v) is 1.14. The third-order valence-electron chi connectivity index (χ3n) is 1.80. The van der Waals surface area contributed by atoms with Gasteiger partial charge in [0.1, 0.15) is 0 Å². The average Bonchev–Trinajstić information content (AvgIpc) is 2.30. The van der Waals surface area contributed by atoms with Crippen LogP contribution in [0.15, 0.2) is 6.20 Å². The molecule has 1 aromatic heterocycles. The number of aromatic nitrogens is 2. The zero-order chi connectivity index (χ0) is 8.43. The van der Waals surface area contributed by atoms with Crippen LogP contribution in [0.5, 0.6) is 0 Å². The Kier molecular flexibility index (Phi) is 2.29. The molecule has 1 rings (SSSR count). The van der Waals surface area contributed by atoms with Gasteiger partial charge in [-0.1, -0.05) is 0 Å². The molecule has 1 atom stereocenters. The van der Waals surface area contributed by atoms with E-state index < -0.39 is 0 Å². The Morgan fingerprint density at radius 1 is 1.73 bits per heavy atom. The van der Waals surface area contributed by atoms with Crippen molar-refractivity contribution >= 4 is 0 Å². The first-order valence-electron chi connectivity index (χ1n) is 3.94. The Balaban J connectivity index is 2.97. The molecule has 11 heavy (non-hydrogen) atoms. The van der Waals surface area contributed by atoms with Crippen molar-refractivity contribution in [1.29, 1.82) is 0 Å². The fourth-order valence-electron chi connectivity index (χ4n) is 1.14. The van der Waals surface area contributed by atoms with E-state index in [2.05, 4.69) is 12.0 Å². The summed E-state index contributed by atoms with van der Waals surface area (Å²) in [5.41, 5.74) is 7.92. The normalized spacial score (nSPS) is 13.5. The lowest BCUT2D eigenvalue weighted by Gasteiger charge is -2.00. The summed E-state index contributed by atoms with van der Waals surface area (Å²) in [5.74, 6) is 0. The van der Waals surface area contributed by atoms with E-state index in [1.807, 2.05) is 24.7 Å². The molecule has 0 aliphatic heterocycles. The number of nitrogens with zero attached hydrogens (tertiary/aromatic N) is 2. The smallest absolute Gasteiger partial charge is 0.0641 e. The van der Waals surface area contributed by atoms with Crippen LogP contribution in [0.25, 0.3) is 0 Å². The largest absolute Gasteiger partial charge is 0.324 e. The van der Waals surface area contributed by atoms with Crippen LogP contribution in [0.3, 0.4) is 0 Å². The van der Waals surface area contributed by atoms with Crippen molar-refractivity contribution in [3.8, 4) is 0 Å². The molecule has 0 aliphatic rings. The van der Waals surface area contributed by atoms with Crippen LogP contribution in [0.2, 0.25) is 0 Å².